The van der Waals surface area contributed by atoms with Gasteiger partial charge in [0, 0.05) is 31.5 Å². The average Bonchev–Trinajstić information content (AvgIpc) is 2.40. The van der Waals surface area contributed by atoms with Crippen LogP contribution in [0.3, 0.4) is 0 Å². The zero-order valence-electron chi connectivity index (χ0n) is 10.9. The number of halogens is 1. The van der Waals surface area contributed by atoms with Gasteiger partial charge in [-0.3, -0.25) is 4.98 Å². The Labute approximate surface area is 120 Å². The first-order valence-electron chi connectivity index (χ1n) is 6.17. The molecule has 108 valence electrons. The molecule has 0 radical (unpaired) electrons. The molecule has 2 heterocycles. The zero-order chi connectivity index (χ0) is 13.2. The van der Waals surface area contributed by atoms with Gasteiger partial charge in [0.1, 0.15) is 4.90 Å². The Morgan fingerprint density at radius 1 is 1.42 bits per heavy atom. The molecule has 1 aromatic heterocycles. The molecule has 0 saturated carbocycles. The molecule has 0 amide bonds. The number of nitrogens with zero attached hydrogens (tertiary/aromatic N) is 2. The summed E-state index contributed by atoms with van der Waals surface area (Å²) < 4.78 is 26.2. The number of piperidine rings is 1. The summed E-state index contributed by atoms with van der Waals surface area (Å²) in [7, 11) is -3.38. The second kappa shape index (κ2) is 6.65. The Bertz CT molecular complexity index is 485. The minimum atomic E-state index is -3.38. The van der Waals surface area contributed by atoms with E-state index in [0.717, 1.165) is 12.8 Å². The summed E-state index contributed by atoms with van der Waals surface area (Å²) in [5.41, 5.74) is 5.85. The van der Waals surface area contributed by atoms with Gasteiger partial charge in [0.25, 0.3) is 0 Å². The maximum absolute atomic E-state index is 12.3. The highest BCUT2D eigenvalue weighted by molar-refractivity contribution is 7.89. The maximum Gasteiger partial charge on any atom is 0.244 e. The molecule has 2 N–H and O–H groups in total. The van der Waals surface area contributed by atoms with E-state index in [-0.39, 0.29) is 23.3 Å². The van der Waals surface area contributed by atoms with Crippen LogP contribution in [-0.2, 0) is 10.0 Å². The van der Waals surface area contributed by atoms with Crippen LogP contribution in [0, 0.1) is 5.92 Å². The van der Waals surface area contributed by atoms with Crippen LogP contribution in [0.25, 0.3) is 0 Å². The van der Waals surface area contributed by atoms with Crippen molar-refractivity contribution in [1.29, 1.82) is 0 Å². The van der Waals surface area contributed by atoms with Crippen LogP contribution < -0.4 is 5.73 Å². The molecule has 1 atom stereocenters. The summed E-state index contributed by atoms with van der Waals surface area (Å²) in [5, 5.41) is 0. The first-order chi connectivity index (χ1) is 8.51. The lowest BCUT2D eigenvalue weighted by atomic mass is 9.92. The van der Waals surface area contributed by atoms with Crippen LogP contribution in [0.15, 0.2) is 29.4 Å². The zero-order valence-corrected chi connectivity index (χ0v) is 12.5. The van der Waals surface area contributed by atoms with E-state index in [1.54, 1.807) is 18.3 Å². The van der Waals surface area contributed by atoms with Crippen molar-refractivity contribution in [2.45, 2.75) is 30.7 Å². The lowest BCUT2D eigenvalue weighted by molar-refractivity contribution is 0.250. The number of sulfonamides is 1. The molecular formula is C12H20ClN3O2S. The normalized spacial score (nSPS) is 19.7. The van der Waals surface area contributed by atoms with Crippen molar-refractivity contribution in [1.82, 2.24) is 9.29 Å². The second-order valence-corrected chi connectivity index (χ2v) is 6.73. The van der Waals surface area contributed by atoms with E-state index < -0.39 is 10.0 Å². The molecule has 1 aromatic rings. The van der Waals surface area contributed by atoms with Gasteiger partial charge in [-0.2, -0.15) is 4.31 Å². The second-order valence-electron chi connectivity index (χ2n) is 4.79. The molecule has 1 unspecified atom stereocenters. The van der Waals surface area contributed by atoms with Gasteiger partial charge in [-0.1, -0.05) is 0 Å². The fourth-order valence-electron chi connectivity index (χ4n) is 2.29. The third-order valence-electron chi connectivity index (χ3n) is 3.51. The van der Waals surface area contributed by atoms with Crippen molar-refractivity contribution in [3.05, 3.63) is 24.5 Å². The first kappa shape index (κ1) is 16.4. The molecule has 7 heteroatoms. The number of hydrogen-bond donors (Lipinski definition) is 1. The molecule has 1 aliphatic heterocycles. The molecule has 2 rings (SSSR count). The highest BCUT2D eigenvalue weighted by Crippen LogP contribution is 2.24. The van der Waals surface area contributed by atoms with Crippen LogP contribution in [0.2, 0.25) is 0 Å². The van der Waals surface area contributed by atoms with Gasteiger partial charge < -0.3 is 5.73 Å². The lowest BCUT2D eigenvalue weighted by Gasteiger charge is -2.32. The Morgan fingerprint density at radius 3 is 2.53 bits per heavy atom. The molecule has 0 aromatic carbocycles. The van der Waals surface area contributed by atoms with Gasteiger partial charge in [-0.15, -0.1) is 12.4 Å². The number of pyridine rings is 1. The summed E-state index contributed by atoms with van der Waals surface area (Å²) in [6.45, 7) is 3.07. The molecule has 1 fully saturated rings. The van der Waals surface area contributed by atoms with Crippen LogP contribution in [0.5, 0.6) is 0 Å². The van der Waals surface area contributed by atoms with Gasteiger partial charge in [0.2, 0.25) is 10.0 Å². The molecule has 1 aliphatic rings. The van der Waals surface area contributed by atoms with E-state index in [0.29, 0.717) is 19.0 Å². The van der Waals surface area contributed by atoms with Gasteiger partial charge in [-0.05, 0) is 37.8 Å². The van der Waals surface area contributed by atoms with E-state index in [2.05, 4.69) is 4.98 Å². The first-order valence-corrected chi connectivity index (χ1v) is 7.61. The SMILES string of the molecule is CC(N)C1CCN(S(=O)(=O)c2cccnc2)CC1.Cl. The topological polar surface area (TPSA) is 76.3 Å². The van der Waals surface area contributed by atoms with Crippen molar-refractivity contribution in [3.8, 4) is 0 Å². The van der Waals surface area contributed by atoms with Gasteiger partial charge in [0.15, 0.2) is 0 Å². The lowest BCUT2D eigenvalue weighted by Crippen LogP contribution is -2.42. The monoisotopic (exact) mass is 305 g/mol. The highest BCUT2D eigenvalue weighted by Gasteiger charge is 2.30. The standard InChI is InChI=1S/C12H19N3O2S.ClH/c1-10(13)11-4-7-15(8-5-11)18(16,17)12-3-2-6-14-9-12;/h2-3,6,9-11H,4-5,7-8,13H2,1H3;1H. The fourth-order valence-corrected chi connectivity index (χ4v) is 3.72. The van der Waals surface area contributed by atoms with E-state index in [4.69, 9.17) is 5.73 Å². The summed E-state index contributed by atoms with van der Waals surface area (Å²) in [5.74, 6) is 0.422. The molecule has 1 saturated heterocycles. The molecule has 0 bridgehead atoms. The molecular weight excluding hydrogens is 286 g/mol. The van der Waals surface area contributed by atoms with Gasteiger partial charge >= 0.3 is 0 Å². The van der Waals surface area contributed by atoms with Crippen molar-refractivity contribution in [2.24, 2.45) is 11.7 Å². The van der Waals surface area contributed by atoms with Gasteiger partial charge in [0.05, 0.1) is 0 Å². The quantitative estimate of drug-likeness (QED) is 0.912. The Hall–Kier alpha value is -0.690. The summed E-state index contributed by atoms with van der Waals surface area (Å²) in [6, 6.07) is 3.36. The van der Waals surface area contributed by atoms with Crippen molar-refractivity contribution in [3.63, 3.8) is 0 Å². The van der Waals surface area contributed by atoms with Crippen LogP contribution in [0.4, 0.5) is 0 Å². The number of hydrogen-bond acceptors (Lipinski definition) is 4. The van der Waals surface area contributed by atoms with Crippen molar-refractivity contribution >= 4 is 22.4 Å². The minimum Gasteiger partial charge on any atom is -0.328 e. The number of aromatic nitrogens is 1. The maximum atomic E-state index is 12.3. The number of rotatable bonds is 3. The third-order valence-corrected chi connectivity index (χ3v) is 5.40. The van der Waals surface area contributed by atoms with Gasteiger partial charge in [-0.25, -0.2) is 8.42 Å². The molecule has 19 heavy (non-hydrogen) atoms. The number of nitrogens with two attached hydrogens (primary N) is 1. The smallest absolute Gasteiger partial charge is 0.244 e. The van der Waals surface area contributed by atoms with E-state index >= 15 is 0 Å². The van der Waals surface area contributed by atoms with E-state index in [9.17, 15) is 8.42 Å². The Morgan fingerprint density at radius 2 is 2.05 bits per heavy atom. The predicted octanol–water partition coefficient (Wildman–Crippen LogP) is 1.25. The highest BCUT2D eigenvalue weighted by atomic mass is 35.5. The largest absolute Gasteiger partial charge is 0.328 e. The Kier molecular flexibility index (Phi) is 5.73. The molecule has 0 spiro atoms. The Balaban J connectivity index is 0.00000180. The third kappa shape index (κ3) is 3.66. The molecule has 5 nitrogen and oxygen atoms in total. The van der Waals surface area contributed by atoms with Crippen molar-refractivity contribution in [2.75, 3.05) is 13.1 Å². The van der Waals surface area contributed by atoms with Crippen LogP contribution in [-0.4, -0.2) is 36.8 Å². The van der Waals surface area contributed by atoms with Crippen LogP contribution in [0.1, 0.15) is 19.8 Å². The van der Waals surface area contributed by atoms with E-state index in [1.165, 1.54) is 10.5 Å². The average molecular weight is 306 g/mol. The molecule has 0 aliphatic carbocycles. The predicted molar refractivity (Wildman–Crippen MR) is 76.6 cm³/mol. The summed E-state index contributed by atoms with van der Waals surface area (Å²) >= 11 is 0. The fraction of sp³-hybridized carbons (Fsp3) is 0.583. The minimum absolute atomic E-state index is 0. The van der Waals surface area contributed by atoms with Crippen LogP contribution >= 0.6 is 12.4 Å². The summed E-state index contributed by atoms with van der Waals surface area (Å²) in [4.78, 5) is 4.13. The van der Waals surface area contributed by atoms with E-state index in [1.807, 2.05) is 6.92 Å². The van der Waals surface area contributed by atoms with Crippen molar-refractivity contribution < 1.29 is 8.42 Å². The summed E-state index contributed by atoms with van der Waals surface area (Å²) in [6.07, 6.45) is 4.63.